The molecule has 1 atom stereocenters. The fraction of sp³-hybridized carbons (Fsp3) is 1.00. The topological polar surface area (TPSA) is 29.3 Å². The van der Waals surface area contributed by atoms with Crippen molar-refractivity contribution in [1.29, 1.82) is 0 Å². The monoisotopic (exact) mass is 198 g/mol. The summed E-state index contributed by atoms with van der Waals surface area (Å²) in [7, 11) is 0. The van der Waals surface area contributed by atoms with Gasteiger partial charge in [-0.3, -0.25) is 0 Å². The molecular weight excluding hydrogens is 172 g/mol. The van der Waals surface area contributed by atoms with E-state index in [1.807, 2.05) is 0 Å². The van der Waals surface area contributed by atoms with Gasteiger partial charge in [-0.1, -0.05) is 20.3 Å². The summed E-state index contributed by atoms with van der Waals surface area (Å²) in [5, 5.41) is 0. The Kier molecular flexibility index (Phi) is 5.49. The van der Waals surface area contributed by atoms with E-state index < -0.39 is 0 Å². The van der Waals surface area contributed by atoms with E-state index in [4.69, 9.17) is 5.73 Å². The van der Waals surface area contributed by atoms with Gasteiger partial charge < -0.3 is 10.6 Å². The van der Waals surface area contributed by atoms with Gasteiger partial charge in [-0.25, -0.2) is 0 Å². The summed E-state index contributed by atoms with van der Waals surface area (Å²) < 4.78 is 0. The summed E-state index contributed by atoms with van der Waals surface area (Å²) in [5.41, 5.74) is 5.57. The molecule has 84 valence electrons. The summed E-state index contributed by atoms with van der Waals surface area (Å²) >= 11 is 0. The maximum absolute atomic E-state index is 5.57. The molecule has 0 heterocycles. The molecule has 0 spiro atoms. The molecule has 2 heteroatoms. The number of hydrogen-bond donors (Lipinski definition) is 1. The van der Waals surface area contributed by atoms with Crippen LogP contribution in [0.4, 0.5) is 0 Å². The molecule has 0 amide bonds. The molecule has 0 saturated heterocycles. The van der Waals surface area contributed by atoms with Gasteiger partial charge >= 0.3 is 0 Å². The van der Waals surface area contributed by atoms with Crippen molar-refractivity contribution >= 4 is 0 Å². The van der Waals surface area contributed by atoms with E-state index in [-0.39, 0.29) is 0 Å². The molecule has 1 aliphatic rings. The zero-order valence-electron chi connectivity index (χ0n) is 9.84. The molecule has 2 nitrogen and oxygen atoms in total. The van der Waals surface area contributed by atoms with Crippen LogP contribution in [-0.2, 0) is 0 Å². The summed E-state index contributed by atoms with van der Waals surface area (Å²) in [6.07, 6.45) is 5.55. The first-order chi connectivity index (χ1) is 6.76. The molecule has 0 aromatic rings. The predicted molar refractivity (Wildman–Crippen MR) is 62.3 cm³/mol. The predicted octanol–water partition coefficient (Wildman–Crippen LogP) is 2.09. The van der Waals surface area contributed by atoms with Crippen LogP contribution < -0.4 is 5.73 Å². The van der Waals surface area contributed by atoms with Crippen molar-refractivity contribution in [2.45, 2.75) is 39.5 Å². The lowest BCUT2D eigenvalue weighted by atomic mass is 9.85. The fourth-order valence-electron chi connectivity index (χ4n) is 2.19. The van der Waals surface area contributed by atoms with Crippen LogP contribution in [0.1, 0.15) is 39.5 Å². The minimum absolute atomic E-state index is 0.764. The van der Waals surface area contributed by atoms with Gasteiger partial charge in [0.1, 0.15) is 0 Å². The van der Waals surface area contributed by atoms with Crippen LogP contribution in [0, 0.1) is 11.8 Å². The SMILES string of the molecule is CCN(CC(C)CCN)CC1CCC1. The minimum Gasteiger partial charge on any atom is -0.330 e. The van der Waals surface area contributed by atoms with E-state index in [1.165, 1.54) is 45.3 Å². The molecular formula is C12H26N2. The number of rotatable bonds is 7. The van der Waals surface area contributed by atoms with E-state index in [9.17, 15) is 0 Å². The van der Waals surface area contributed by atoms with E-state index in [2.05, 4.69) is 18.7 Å². The standard InChI is InChI=1S/C12H26N2/c1-3-14(9-11(2)7-8-13)10-12-5-4-6-12/h11-12H,3-10,13H2,1-2H3. The average molecular weight is 198 g/mol. The van der Waals surface area contributed by atoms with E-state index in [0.717, 1.165) is 18.4 Å². The Balaban J connectivity index is 2.15. The van der Waals surface area contributed by atoms with Crippen LogP contribution in [0.25, 0.3) is 0 Å². The van der Waals surface area contributed by atoms with Crippen molar-refractivity contribution in [3.05, 3.63) is 0 Å². The maximum Gasteiger partial charge on any atom is 0.000965 e. The van der Waals surface area contributed by atoms with Gasteiger partial charge in [-0.05, 0) is 44.2 Å². The van der Waals surface area contributed by atoms with Crippen molar-refractivity contribution in [2.75, 3.05) is 26.2 Å². The van der Waals surface area contributed by atoms with E-state index in [1.54, 1.807) is 0 Å². The number of nitrogens with two attached hydrogens (primary N) is 1. The lowest BCUT2D eigenvalue weighted by molar-refractivity contribution is 0.165. The minimum atomic E-state index is 0.764. The molecule has 1 aliphatic carbocycles. The highest BCUT2D eigenvalue weighted by atomic mass is 15.1. The Labute approximate surface area is 88.8 Å². The molecule has 1 unspecified atom stereocenters. The van der Waals surface area contributed by atoms with Gasteiger partial charge in [0.05, 0.1) is 0 Å². The normalized spacial score (nSPS) is 19.7. The second-order valence-electron chi connectivity index (χ2n) is 4.83. The van der Waals surface area contributed by atoms with Crippen molar-refractivity contribution in [2.24, 2.45) is 17.6 Å². The number of hydrogen-bond acceptors (Lipinski definition) is 2. The lowest BCUT2D eigenvalue weighted by Crippen LogP contribution is -2.35. The van der Waals surface area contributed by atoms with E-state index >= 15 is 0 Å². The zero-order chi connectivity index (χ0) is 10.4. The second kappa shape index (κ2) is 6.41. The van der Waals surface area contributed by atoms with Gasteiger partial charge in [0, 0.05) is 13.1 Å². The van der Waals surface area contributed by atoms with Crippen molar-refractivity contribution in [1.82, 2.24) is 4.90 Å². The first-order valence-electron chi connectivity index (χ1n) is 6.18. The van der Waals surface area contributed by atoms with Crippen molar-refractivity contribution < 1.29 is 0 Å². The van der Waals surface area contributed by atoms with Gasteiger partial charge in [0.15, 0.2) is 0 Å². The first kappa shape index (κ1) is 12.0. The lowest BCUT2D eigenvalue weighted by Gasteiger charge is -2.33. The van der Waals surface area contributed by atoms with Crippen molar-refractivity contribution in [3.8, 4) is 0 Å². The molecule has 1 fully saturated rings. The molecule has 2 N–H and O–H groups in total. The van der Waals surface area contributed by atoms with Crippen LogP contribution in [0.3, 0.4) is 0 Å². The smallest absolute Gasteiger partial charge is 0.000965 e. The zero-order valence-corrected chi connectivity index (χ0v) is 9.84. The highest BCUT2D eigenvalue weighted by Crippen LogP contribution is 2.27. The third kappa shape index (κ3) is 3.97. The Hall–Kier alpha value is -0.0800. The fourth-order valence-corrected chi connectivity index (χ4v) is 2.19. The molecule has 1 rings (SSSR count). The molecule has 14 heavy (non-hydrogen) atoms. The average Bonchev–Trinajstić information content (AvgIpc) is 2.09. The van der Waals surface area contributed by atoms with Crippen LogP contribution in [0.2, 0.25) is 0 Å². The van der Waals surface area contributed by atoms with Crippen molar-refractivity contribution in [3.63, 3.8) is 0 Å². The van der Waals surface area contributed by atoms with Gasteiger partial charge in [-0.15, -0.1) is 0 Å². The maximum atomic E-state index is 5.57. The first-order valence-corrected chi connectivity index (χ1v) is 6.18. The summed E-state index contributed by atoms with van der Waals surface area (Å²) in [5.74, 6) is 1.76. The third-order valence-corrected chi connectivity index (χ3v) is 3.42. The van der Waals surface area contributed by atoms with Crippen LogP contribution in [0.5, 0.6) is 0 Å². The Morgan fingerprint density at radius 3 is 2.57 bits per heavy atom. The highest BCUT2D eigenvalue weighted by Gasteiger charge is 2.20. The largest absolute Gasteiger partial charge is 0.330 e. The highest BCUT2D eigenvalue weighted by molar-refractivity contribution is 4.74. The summed E-state index contributed by atoms with van der Waals surface area (Å²) in [6, 6.07) is 0. The van der Waals surface area contributed by atoms with Crippen LogP contribution in [0.15, 0.2) is 0 Å². The molecule has 0 radical (unpaired) electrons. The molecule has 0 aromatic heterocycles. The van der Waals surface area contributed by atoms with E-state index in [0.29, 0.717) is 0 Å². The quantitative estimate of drug-likeness (QED) is 0.679. The van der Waals surface area contributed by atoms with Crippen LogP contribution >= 0.6 is 0 Å². The van der Waals surface area contributed by atoms with Gasteiger partial charge in [0.25, 0.3) is 0 Å². The van der Waals surface area contributed by atoms with Gasteiger partial charge in [0.2, 0.25) is 0 Å². The summed E-state index contributed by atoms with van der Waals surface area (Å²) in [6.45, 7) is 9.19. The molecule has 0 bridgehead atoms. The molecule has 0 aliphatic heterocycles. The third-order valence-electron chi connectivity index (χ3n) is 3.42. The summed E-state index contributed by atoms with van der Waals surface area (Å²) in [4.78, 5) is 2.60. The molecule has 0 aromatic carbocycles. The molecule has 1 saturated carbocycles. The Bertz CT molecular complexity index is 143. The van der Waals surface area contributed by atoms with Crippen LogP contribution in [-0.4, -0.2) is 31.1 Å². The number of nitrogens with zero attached hydrogens (tertiary/aromatic N) is 1. The Morgan fingerprint density at radius 2 is 2.14 bits per heavy atom. The Morgan fingerprint density at radius 1 is 1.43 bits per heavy atom. The second-order valence-corrected chi connectivity index (χ2v) is 4.83. The van der Waals surface area contributed by atoms with Gasteiger partial charge in [-0.2, -0.15) is 0 Å².